The van der Waals surface area contributed by atoms with Crippen molar-refractivity contribution in [2.45, 2.75) is 63.6 Å². The van der Waals surface area contributed by atoms with E-state index in [9.17, 15) is 24.4 Å². The number of rotatable bonds is 8. The highest BCUT2D eigenvalue weighted by molar-refractivity contribution is 8.01. The molecular weight excluding hydrogens is 466 g/mol. The molecule has 1 aliphatic carbocycles. The van der Waals surface area contributed by atoms with Crippen molar-refractivity contribution in [2.24, 2.45) is 11.3 Å². The Balaban J connectivity index is 1.64. The van der Waals surface area contributed by atoms with E-state index in [0.29, 0.717) is 31.6 Å². The van der Waals surface area contributed by atoms with Crippen LogP contribution in [-0.2, 0) is 19.2 Å². The van der Waals surface area contributed by atoms with Gasteiger partial charge < -0.3 is 20.9 Å². The van der Waals surface area contributed by atoms with E-state index in [0.717, 1.165) is 12.1 Å². The number of anilines is 2. The maximum absolute atomic E-state index is 13.0. The summed E-state index contributed by atoms with van der Waals surface area (Å²) in [5.74, 6) is -1.83. The zero-order chi connectivity index (χ0) is 25.8. The average Bonchev–Trinajstić information content (AvgIpc) is 3.34. The van der Waals surface area contributed by atoms with Gasteiger partial charge in [0.2, 0.25) is 17.7 Å². The molecule has 9 nitrogen and oxygen atoms in total. The smallest absolute Gasteiger partial charge is 0.240 e. The number of ketones is 1. The van der Waals surface area contributed by atoms with Crippen LogP contribution in [0.3, 0.4) is 0 Å². The van der Waals surface area contributed by atoms with E-state index in [1.54, 1.807) is 17.0 Å². The lowest BCUT2D eigenvalue weighted by Gasteiger charge is -2.26. The molecule has 1 aliphatic heterocycles. The van der Waals surface area contributed by atoms with E-state index < -0.39 is 33.9 Å². The SMILES string of the molecule is CCN1C(=O)[C@@H](CNc2cccc(NC(=O)C(C)(C)C)c2)SC1[C@H](C#N)C(=O)N[C@H]1CCCC1=O. The third kappa shape index (κ3) is 6.34. The molecule has 0 aromatic heterocycles. The Labute approximate surface area is 210 Å². The molecule has 1 heterocycles. The maximum Gasteiger partial charge on any atom is 0.240 e. The zero-order valence-corrected chi connectivity index (χ0v) is 21.4. The zero-order valence-electron chi connectivity index (χ0n) is 20.6. The Bertz CT molecular complexity index is 1030. The van der Waals surface area contributed by atoms with Crippen LogP contribution in [-0.4, -0.2) is 58.2 Å². The highest BCUT2D eigenvalue weighted by Gasteiger charge is 2.46. The summed E-state index contributed by atoms with van der Waals surface area (Å²) in [6.45, 7) is 8.00. The average molecular weight is 500 g/mol. The van der Waals surface area contributed by atoms with Crippen LogP contribution in [0.25, 0.3) is 0 Å². The van der Waals surface area contributed by atoms with E-state index in [1.807, 2.05) is 39.8 Å². The maximum atomic E-state index is 13.0. The van der Waals surface area contributed by atoms with Crippen LogP contribution >= 0.6 is 11.8 Å². The molecule has 0 radical (unpaired) electrons. The summed E-state index contributed by atoms with van der Waals surface area (Å²) in [5.41, 5.74) is 0.867. The number of hydrogen-bond acceptors (Lipinski definition) is 7. The van der Waals surface area contributed by atoms with E-state index in [4.69, 9.17) is 0 Å². The summed E-state index contributed by atoms with van der Waals surface area (Å²) in [6.07, 6.45) is 1.75. The predicted molar refractivity (Wildman–Crippen MR) is 135 cm³/mol. The Morgan fingerprint density at radius 2 is 1.97 bits per heavy atom. The van der Waals surface area contributed by atoms with Gasteiger partial charge in [-0.2, -0.15) is 5.26 Å². The highest BCUT2D eigenvalue weighted by Crippen LogP contribution is 2.36. The lowest BCUT2D eigenvalue weighted by molar-refractivity contribution is -0.132. The van der Waals surface area contributed by atoms with Gasteiger partial charge in [-0.1, -0.05) is 26.8 Å². The van der Waals surface area contributed by atoms with Gasteiger partial charge in [-0.25, -0.2) is 0 Å². The molecule has 188 valence electrons. The van der Waals surface area contributed by atoms with E-state index in [-0.39, 0.29) is 17.6 Å². The largest absolute Gasteiger partial charge is 0.383 e. The highest BCUT2D eigenvalue weighted by atomic mass is 32.2. The molecule has 4 atom stereocenters. The van der Waals surface area contributed by atoms with Crippen LogP contribution in [0.1, 0.15) is 47.0 Å². The summed E-state index contributed by atoms with van der Waals surface area (Å²) in [6, 6.07) is 8.76. The quantitative estimate of drug-likeness (QED) is 0.501. The van der Waals surface area contributed by atoms with Crippen molar-refractivity contribution in [1.29, 1.82) is 5.26 Å². The molecule has 35 heavy (non-hydrogen) atoms. The molecule has 0 bridgehead atoms. The van der Waals surface area contributed by atoms with Gasteiger partial charge in [0.05, 0.1) is 12.1 Å². The number of thioether (sulfide) groups is 1. The minimum Gasteiger partial charge on any atom is -0.383 e. The number of nitriles is 1. The van der Waals surface area contributed by atoms with Crippen LogP contribution < -0.4 is 16.0 Å². The van der Waals surface area contributed by atoms with Crippen molar-refractivity contribution in [1.82, 2.24) is 10.2 Å². The first-order chi connectivity index (χ1) is 16.5. The Morgan fingerprint density at radius 3 is 2.57 bits per heavy atom. The molecule has 1 aromatic rings. The number of carbonyl (C=O) groups excluding carboxylic acids is 4. The monoisotopic (exact) mass is 499 g/mol. The van der Waals surface area contributed by atoms with Crippen molar-refractivity contribution in [2.75, 3.05) is 23.7 Å². The number of Topliss-reactive ketones (excluding diaryl/α,β-unsaturated/α-hetero) is 1. The summed E-state index contributed by atoms with van der Waals surface area (Å²) < 4.78 is 0. The van der Waals surface area contributed by atoms with Gasteiger partial charge in [0.1, 0.15) is 10.6 Å². The van der Waals surface area contributed by atoms with Gasteiger partial charge in [-0.3, -0.25) is 19.2 Å². The van der Waals surface area contributed by atoms with Crippen molar-refractivity contribution >= 4 is 46.6 Å². The van der Waals surface area contributed by atoms with Crippen LogP contribution in [0.4, 0.5) is 11.4 Å². The normalized spacial score (nSPS) is 23.1. The van der Waals surface area contributed by atoms with Crippen LogP contribution in [0.5, 0.6) is 0 Å². The minimum atomic E-state index is -1.07. The number of nitrogens with one attached hydrogen (secondary N) is 3. The molecule has 1 unspecified atom stereocenters. The van der Waals surface area contributed by atoms with Gasteiger partial charge in [0.15, 0.2) is 11.7 Å². The van der Waals surface area contributed by atoms with Gasteiger partial charge in [-0.05, 0) is 38.0 Å². The number of amides is 3. The Hall–Kier alpha value is -3.06. The lowest BCUT2D eigenvalue weighted by Crippen LogP contribution is -2.47. The van der Waals surface area contributed by atoms with Crippen LogP contribution in [0, 0.1) is 22.7 Å². The third-order valence-electron chi connectivity index (χ3n) is 6.13. The molecule has 10 heteroatoms. The van der Waals surface area contributed by atoms with Crippen LogP contribution in [0.15, 0.2) is 24.3 Å². The van der Waals surface area contributed by atoms with Gasteiger partial charge in [0.25, 0.3) is 0 Å². The second-order valence-corrected chi connectivity index (χ2v) is 11.2. The minimum absolute atomic E-state index is 0.0134. The lowest BCUT2D eigenvalue weighted by atomic mass is 9.95. The second kappa shape index (κ2) is 11.1. The molecule has 1 saturated heterocycles. The molecule has 2 fully saturated rings. The van der Waals surface area contributed by atoms with Crippen LogP contribution in [0.2, 0.25) is 0 Å². The fraction of sp³-hybridized carbons (Fsp3) is 0.560. The fourth-order valence-electron chi connectivity index (χ4n) is 4.06. The van der Waals surface area contributed by atoms with Gasteiger partial charge >= 0.3 is 0 Å². The second-order valence-electron chi connectivity index (χ2n) is 9.83. The third-order valence-corrected chi connectivity index (χ3v) is 7.63. The van der Waals surface area contributed by atoms with E-state index in [1.165, 1.54) is 11.8 Å². The fourth-order valence-corrected chi connectivity index (χ4v) is 5.57. The number of nitrogens with zero attached hydrogens (tertiary/aromatic N) is 2. The molecule has 3 N–H and O–H groups in total. The first-order valence-electron chi connectivity index (χ1n) is 11.9. The van der Waals surface area contributed by atoms with Gasteiger partial charge in [0, 0.05) is 36.3 Å². The molecular formula is C25H33N5O4S. The molecule has 1 aromatic carbocycles. The molecule has 2 aliphatic rings. The summed E-state index contributed by atoms with van der Waals surface area (Å²) in [5, 5.41) is 17.5. The van der Waals surface area contributed by atoms with Crippen molar-refractivity contribution in [3.05, 3.63) is 24.3 Å². The molecule has 3 rings (SSSR count). The van der Waals surface area contributed by atoms with E-state index in [2.05, 4.69) is 22.0 Å². The molecule has 1 saturated carbocycles. The number of hydrogen-bond donors (Lipinski definition) is 3. The predicted octanol–water partition coefficient (Wildman–Crippen LogP) is 2.75. The van der Waals surface area contributed by atoms with Crippen molar-refractivity contribution in [3.63, 3.8) is 0 Å². The molecule has 3 amide bonds. The Kier molecular flexibility index (Phi) is 8.43. The number of carbonyl (C=O) groups is 4. The standard InChI is InChI=1S/C25H33N5O4S/c1-5-30-22(33)20(14-27-15-8-6-9-16(12-15)28-24(34)25(2,3)4)35-23(30)17(13-26)21(32)29-18-10-7-11-19(18)31/h6,8-9,12,17-18,20,23,27H,5,7,10-11,14H2,1-4H3,(H,28,34)(H,29,32)/t17-,18+,20-,23?/m1/s1. The van der Waals surface area contributed by atoms with E-state index >= 15 is 0 Å². The topological polar surface area (TPSA) is 131 Å². The first kappa shape index (κ1) is 26.5. The van der Waals surface area contributed by atoms with Crippen molar-refractivity contribution in [3.8, 4) is 6.07 Å². The van der Waals surface area contributed by atoms with Gasteiger partial charge in [-0.15, -0.1) is 11.8 Å². The molecule has 0 spiro atoms. The Morgan fingerprint density at radius 1 is 1.26 bits per heavy atom. The first-order valence-corrected chi connectivity index (χ1v) is 12.8. The van der Waals surface area contributed by atoms with Crippen molar-refractivity contribution < 1.29 is 19.2 Å². The summed E-state index contributed by atoms with van der Waals surface area (Å²) >= 11 is 1.28. The summed E-state index contributed by atoms with van der Waals surface area (Å²) in [4.78, 5) is 51.6. The number of benzene rings is 1. The summed E-state index contributed by atoms with van der Waals surface area (Å²) in [7, 11) is 0.